The van der Waals surface area contributed by atoms with Crippen molar-refractivity contribution in [2.45, 2.75) is 25.7 Å². The Kier molecular flexibility index (Phi) is 4.14. The third-order valence-electron chi connectivity index (χ3n) is 4.93. The highest BCUT2D eigenvalue weighted by atomic mass is 16.3. The van der Waals surface area contributed by atoms with Gasteiger partial charge in [-0.2, -0.15) is 5.10 Å². The fourth-order valence-corrected chi connectivity index (χ4v) is 3.72. The van der Waals surface area contributed by atoms with Crippen LogP contribution in [0, 0.1) is 0 Å². The van der Waals surface area contributed by atoms with Crippen molar-refractivity contribution in [1.29, 1.82) is 0 Å². The number of amides is 1. The Bertz CT molecular complexity index is 845. The first kappa shape index (κ1) is 15.7. The molecule has 0 unspecified atom stereocenters. The number of carbonyl (C=O) groups excluding carboxylic acids is 1. The van der Waals surface area contributed by atoms with Gasteiger partial charge >= 0.3 is 0 Å². The zero-order valence-electron chi connectivity index (χ0n) is 14.0. The van der Waals surface area contributed by atoms with Crippen LogP contribution in [0.1, 0.15) is 29.5 Å². The van der Waals surface area contributed by atoms with Crippen LogP contribution in [-0.4, -0.2) is 29.8 Å². The molecule has 2 aromatic carbocycles. The number of aromatic hydroxyl groups is 1. The lowest BCUT2D eigenvalue weighted by atomic mass is 10.0. The van der Waals surface area contributed by atoms with E-state index in [0.717, 1.165) is 54.8 Å². The number of anilines is 1. The lowest BCUT2D eigenvalue weighted by Gasteiger charge is -2.30. The molecule has 2 aromatic rings. The number of carbonyl (C=O) groups is 1. The van der Waals surface area contributed by atoms with Gasteiger partial charge in [-0.05, 0) is 43.4 Å². The van der Waals surface area contributed by atoms with Gasteiger partial charge in [-0.1, -0.05) is 30.3 Å². The van der Waals surface area contributed by atoms with E-state index < -0.39 is 0 Å². The van der Waals surface area contributed by atoms with E-state index in [1.54, 1.807) is 6.07 Å². The lowest BCUT2D eigenvalue weighted by molar-refractivity contribution is -0.119. The largest absolute Gasteiger partial charge is 0.508 e. The predicted octanol–water partition coefficient (Wildman–Crippen LogP) is 2.61. The molecule has 1 aliphatic carbocycles. The van der Waals surface area contributed by atoms with Gasteiger partial charge in [0.1, 0.15) is 5.75 Å². The summed E-state index contributed by atoms with van der Waals surface area (Å²) in [5, 5.41) is 14.2. The Labute approximate surface area is 147 Å². The van der Waals surface area contributed by atoms with E-state index in [1.165, 1.54) is 5.56 Å². The van der Waals surface area contributed by atoms with E-state index in [9.17, 15) is 9.90 Å². The molecule has 1 aliphatic heterocycles. The van der Waals surface area contributed by atoms with Gasteiger partial charge in [0, 0.05) is 23.4 Å². The van der Waals surface area contributed by atoms with Crippen LogP contribution in [0.2, 0.25) is 0 Å². The predicted molar refractivity (Wildman–Crippen MR) is 98.1 cm³/mol. The first-order chi connectivity index (χ1) is 12.2. The number of hydrogen-bond acceptors (Lipinski definition) is 4. The summed E-state index contributed by atoms with van der Waals surface area (Å²) >= 11 is 0. The molecule has 4 rings (SSSR count). The van der Waals surface area contributed by atoms with Gasteiger partial charge < -0.3 is 10.0 Å². The molecular weight excluding hydrogens is 314 g/mol. The number of aryl methyl sites for hydroxylation is 1. The summed E-state index contributed by atoms with van der Waals surface area (Å²) in [4.78, 5) is 14.5. The third-order valence-corrected chi connectivity index (χ3v) is 4.93. The molecule has 0 radical (unpaired) electrons. The number of rotatable bonds is 3. The van der Waals surface area contributed by atoms with Crippen LogP contribution in [0.4, 0.5) is 5.69 Å². The molecule has 0 saturated heterocycles. The number of phenols is 1. The van der Waals surface area contributed by atoms with Crippen LogP contribution in [0.5, 0.6) is 5.75 Å². The Morgan fingerprint density at radius 1 is 1.12 bits per heavy atom. The van der Waals surface area contributed by atoms with Gasteiger partial charge in [0.15, 0.2) is 0 Å². The molecular formula is C20H21N3O2. The Balaban J connectivity index is 1.44. The highest BCUT2D eigenvalue weighted by Gasteiger charge is 2.22. The molecule has 5 heteroatoms. The van der Waals surface area contributed by atoms with Crippen molar-refractivity contribution in [3.05, 3.63) is 59.2 Å². The number of para-hydroxylation sites is 1. The SMILES string of the molecule is O=C(CN1CCCc2ccccc21)NN=C1CCc2c(O)cccc21. The van der Waals surface area contributed by atoms with Crippen molar-refractivity contribution >= 4 is 17.3 Å². The van der Waals surface area contributed by atoms with E-state index in [0.29, 0.717) is 12.3 Å². The van der Waals surface area contributed by atoms with E-state index in [2.05, 4.69) is 27.6 Å². The second kappa shape index (κ2) is 6.59. The maximum absolute atomic E-state index is 12.3. The van der Waals surface area contributed by atoms with E-state index in [4.69, 9.17) is 0 Å². The van der Waals surface area contributed by atoms with Gasteiger partial charge in [0.25, 0.3) is 5.91 Å². The van der Waals surface area contributed by atoms with Crippen LogP contribution in [0.3, 0.4) is 0 Å². The van der Waals surface area contributed by atoms with Crippen LogP contribution < -0.4 is 10.3 Å². The second-order valence-electron chi connectivity index (χ2n) is 6.55. The van der Waals surface area contributed by atoms with Crippen LogP contribution in [0.15, 0.2) is 47.6 Å². The average Bonchev–Trinajstić information content (AvgIpc) is 3.05. The maximum atomic E-state index is 12.3. The number of hydrogen-bond donors (Lipinski definition) is 2. The Morgan fingerprint density at radius 2 is 2.00 bits per heavy atom. The molecule has 0 spiro atoms. The molecule has 25 heavy (non-hydrogen) atoms. The number of benzene rings is 2. The van der Waals surface area contributed by atoms with Crippen molar-refractivity contribution in [1.82, 2.24) is 5.43 Å². The Hall–Kier alpha value is -2.82. The zero-order chi connectivity index (χ0) is 17.2. The van der Waals surface area contributed by atoms with E-state index in [-0.39, 0.29) is 5.91 Å². The van der Waals surface area contributed by atoms with Crippen LogP contribution in [-0.2, 0) is 17.6 Å². The molecule has 2 N–H and O–H groups in total. The fourth-order valence-electron chi connectivity index (χ4n) is 3.72. The van der Waals surface area contributed by atoms with Crippen molar-refractivity contribution in [3.8, 4) is 5.75 Å². The number of phenolic OH excluding ortho intramolecular Hbond substituents is 1. The van der Waals surface area contributed by atoms with Crippen LogP contribution in [0.25, 0.3) is 0 Å². The van der Waals surface area contributed by atoms with Crippen molar-refractivity contribution in [2.75, 3.05) is 18.0 Å². The molecule has 2 aliphatic rings. The molecule has 0 saturated carbocycles. The van der Waals surface area contributed by atoms with Gasteiger partial charge in [-0.3, -0.25) is 4.79 Å². The molecule has 1 amide bonds. The lowest BCUT2D eigenvalue weighted by Crippen LogP contribution is -2.38. The molecule has 0 atom stereocenters. The molecule has 5 nitrogen and oxygen atoms in total. The highest BCUT2D eigenvalue weighted by Crippen LogP contribution is 2.30. The first-order valence-corrected chi connectivity index (χ1v) is 8.72. The van der Waals surface area contributed by atoms with E-state index in [1.807, 2.05) is 24.3 Å². The summed E-state index contributed by atoms with van der Waals surface area (Å²) in [6, 6.07) is 13.7. The van der Waals surface area contributed by atoms with Gasteiger partial charge in [0.2, 0.25) is 0 Å². The van der Waals surface area contributed by atoms with E-state index >= 15 is 0 Å². The summed E-state index contributed by atoms with van der Waals surface area (Å²) in [7, 11) is 0. The normalized spacial score (nSPS) is 17.3. The minimum Gasteiger partial charge on any atom is -0.508 e. The maximum Gasteiger partial charge on any atom is 0.259 e. The minimum atomic E-state index is -0.113. The standard InChI is InChI=1S/C20H21N3O2/c24-19-9-3-7-15-16(19)10-11-17(15)21-22-20(25)13-23-12-4-6-14-5-1-2-8-18(14)23/h1-3,5,7-9,24H,4,6,10-13H2,(H,22,25). The second-order valence-corrected chi connectivity index (χ2v) is 6.55. The molecule has 128 valence electrons. The smallest absolute Gasteiger partial charge is 0.259 e. The average molecular weight is 335 g/mol. The van der Waals surface area contributed by atoms with Gasteiger partial charge in [-0.25, -0.2) is 5.43 Å². The van der Waals surface area contributed by atoms with Crippen molar-refractivity contribution in [2.24, 2.45) is 5.10 Å². The molecule has 0 aromatic heterocycles. The summed E-state index contributed by atoms with van der Waals surface area (Å²) in [5.41, 5.74) is 7.82. The Morgan fingerprint density at radius 3 is 2.92 bits per heavy atom. The summed E-state index contributed by atoms with van der Waals surface area (Å²) < 4.78 is 0. The quantitative estimate of drug-likeness (QED) is 0.848. The van der Waals surface area contributed by atoms with Gasteiger partial charge in [-0.15, -0.1) is 0 Å². The van der Waals surface area contributed by atoms with Crippen molar-refractivity contribution < 1.29 is 9.90 Å². The molecule has 1 heterocycles. The molecule has 0 bridgehead atoms. The summed E-state index contributed by atoms with van der Waals surface area (Å²) in [6.45, 7) is 1.19. The van der Waals surface area contributed by atoms with Crippen LogP contribution >= 0.6 is 0 Å². The van der Waals surface area contributed by atoms with Gasteiger partial charge in [0.05, 0.1) is 12.3 Å². The van der Waals surface area contributed by atoms with Crippen molar-refractivity contribution in [3.63, 3.8) is 0 Å². The number of nitrogens with zero attached hydrogens (tertiary/aromatic N) is 2. The topological polar surface area (TPSA) is 64.9 Å². The number of nitrogens with one attached hydrogen (secondary N) is 1. The fraction of sp³-hybridized carbons (Fsp3) is 0.300. The monoisotopic (exact) mass is 335 g/mol. The first-order valence-electron chi connectivity index (χ1n) is 8.72. The molecule has 0 fully saturated rings. The number of fused-ring (bicyclic) bond motifs is 2. The minimum absolute atomic E-state index is 0.113. The number of hydrazone groups is 1. The highest BCUT2D eigenvalue weighted by molar-refractivity contribution is 6.05. The third kappa shape index (κ3) is 3.09. The summed E-state index contributed by atoms with van der Waals surface area (Å²) in [5.74, 6) is 0.191. The zero-order valence-corrected chi connectivity index (χ0v) is 14.0. The summed E-state index contributed by atoms with van der Waals surface area (Å²) in [6.07, 6.45) is 3.62.